The van der Waals surface area contributed by atoms with Gasteiger partial charge in [0.1, 0.15) is 5.82 Å². The van der Waals surface area contributed by atoms with Crippen LogP contribution in [-0.4, -0.2) is 42.9 Å². The molecule has 8 heteroatoms. The van der Waals surface area contributed by atoms with Crippen molar-refractivity contribution in [2.45, 2.75) is 66.8 Å². The van der Waals surface area contributed by atoms with Gasteiger partial charge in [-0.25, -0.2) is 4.98 Å². The van der Waals surface area contributed by atoms with Gasteiger partial charge in [-0.2, -0.15) is 5.10 Å². The van der Waals surface area contributed by atoms with E-state index in [1.807, 2.05) is 66.0 Å². The highest BCUT2D eigenvalue weighted by Gasteiger charge is 2.38. The smallest absolute Gasteiger partial charge is 0.247 e. The van der Waals surface area contributed by atoms with Crippen LogP contribution in [-0.2, 0) is 12.6 Å². The molecule has 5 rings (SSSR count). The molecule has 0 saturated carbocycles. The van der Waals surface area contributed by atoms with Crippen LogP contribution in [0.2, 0.25) is 0 Å². The summed E-state index contributed by atoms with van der Waals surface area (Å²) in [5.74, 6) is -0.497. The van der Waals surface area contributed by atoms with Crippen LogP contribution in [0, 0.1) is 19.8 Å². The third kappa shape index (κ3) is 6.60. The van der Waals surface area contributed by atoms with Gasteiger partial charge < -0.3 is 20.5 Å². The summed E-state index contributed by atoms with van der Waals surface area (Å²) in [6.07, 6.45) is 0. The van der Waals surface area contributed by atoms with Gasteiger partial charge in [0.25, 0.3) is 0 Å². The monoisotopic (exact) mass is 582 g/mol. The van der Waals surface area contributed by atoms with Crippen LogP contribution >= 0.6 is 0 Å². The van der Waals surface area contributed by atoms with E-state index < -0.39 is 11.4 Å². The Morgan fingerprint density at radius 1 is 1.05 bits per heavy atom. The molecule has 8 nitrogen and oxygen atoms in total. The van der Waals surface area contributed by atoms with Crippen LogP contribution in [0.3, 0.4) is 0 Å². The molecular formula is C35H46N6O2. The number of hydrogen-bond acceptors (Lipinski definition) is 7. The lowest BCUT2D eigenvalue weighted by atomic mass is 9.83. The number of hydrazone groups is 1. The summed E-state index contributed by atoms with van der Waals surface area (Å²) in [5, 5.41) is 28.9. The highest BCUT2D eigenvalue weighted by Crippen LogP contribution is 2.39. The van der Waals surface area contributed by atoms with E-state index in [-0.39, 0.29) is 6.54 Å². The van der Waals surface area contributed by atoms with Crippen LogP contribution in [0.15, 0.2) is 78.0 Å². The molecule has 1 aliphatic heterocycles. The average molecular weight is 583 g/mol. The molecule has 0 atom stereocenters. The van der Waals surface area contributed by atoms with Gasteiger partial charge >= 0.3 is 0 Å². The lowest BCUT2D eigenvalue weighted by Crippen LogP contribution is -2.50. The molecule has 1 aromatic heterocycles. The Kier molecular flexibility index (Phi) is 8.77. The van der Waals surface area contributed by atoms with Crippen molar-refractivity contribution >= 4 is 28.1 Å². The molecule has 228 valence electrons. The van der Waals surface area contributed by atoms with Crippen molar-refractivity contribution in [1.82, 2.24) is 14.6 Å². The number of hydrogen-bond donors (Lipinski definition) is 3. The maximum Gasteiger partial charge on any atom is 0.247 e. The normalized spacial score (nSPS) is 14.2. The number of fused-ring (bicyclic) bond motifs is 2. The number of aryl methyl sites for hydroxylation is 3. The number of rotatable bonds is 6. The molecule has 0 saturated heterocycles. The van der Waals surface area contributed by atoms with Gasteiger partial charge in [0.2, 0.25) is 5.91 Å². The second-order valence-electron chi connectivity index (χ2n) is 12.7. The predicted molar refractivity (Wildman–Crippen MR) is 178 cm³/mol. The van der Waals surface area contributed by atoms with Gasteiger partial charge in [-0.05, 0) is 69.5 Å². The Bertz CT molecular complexity index is 1670. The first-order valence-corrected chi connectivity index (χ1v) is 14.7. The summed E-state index contributed by atoms with van der Waals surface area (Å²) in [5.41, 5.74) is 14.1. The van der Waals surface area contributed by atoms with E-state index in [2.05, 4.69) is 71.3 Å². The van der Waals surface area contributed by atoms with Gasteiger partial charge in [-0.1, -0.05) is 63.2 Å². The number of benzene rings is 3. The van der Waals surface area contributed by atoms with Gasteiger partial charge in [-0.3, -0.25) is 9.91 Å². The van der Waals surface area contributed by atoms with Crippen molar-refractivity contribution in [3.63, 3.8) is 0 Å². The van der Waals surface area contributed by atoms with Crippen LogP contribution in [0.5, 0.6) is 0 Å². The Labute approximate surface area is 255 Å². The van der Waals surface area contributed by atoms with Crippen molar-refractivity contribution in [1.29, 1.82) is 0 Å². The molecule has 0 amide bonds. The molecule has 0 unspecified atom stereocenters. The van der Waals surface area contributed by atoms with E-state index in [0.717, 1.165) is 50.7 Å². The molecule has 1 aliphatic rings. The van der Waals surface area contributed by atoms with Crippen molar-refractivity contribution in [3.05, 3.63) is 101 Å². The van der Waals surface area contributed by atoms with Crippen LogP contribution < -0.4 is 10.6 Å². The topological polar surface area (TPSA) is 103 Å². The second kappa shape index (κ2) is 11.9. The van der Waals surface area contributed by atoms with E-state index in [0.29, 0.717) is 17.1 Å². The molecule has 0 spiro atoms. The number of aliphatic hydroxyl groups is 2. The number of nitrogens with zero attached hydrogens (tertiary/aromatic N) is 5. The Morgan fingerprint density at radius 3 is 2.35 bits per heavy atom. The van der Waals surface area contributed by atoms with Gasteiger partial charge in [0.15, 0.2) is 0 Å². The first-order valence-electron chi connectivity index (χ1n) is 14.7. The minimum atomic E-state index is -2.20. The van der Waals surface area contributed by atoms with E-state index >= 15 is 0 Å². The molecule has 2 heterocycles. The molecule has 0 aliphatic carbocycles. The second-order valence-corrected chi connectivity index (χ2v) is 12.7. The molecule has 3 aromatic carbocycles. The molecular weight excluding hydrogens is 536 g/mol. The SMILES string of the molecule is C=C(CN1N=C(c2cccc(N)c2)c2ccc(C)cc2C1(C)C)N(c1ccc2nc(C)n(C)c2c1)C(C)(O)O.CC(C)C. The third-order valence-electron chi connectivity index (χ3n) is 7.53. The van der Waals surface area contributed by atoms with Crippen molar-refractivity contribution < 1.29 is 10.2 Å². The molecule has 4 aromatic rings. The number of nitrogen functional groups attached to an aromatic ring is 1. The quantitative estimate of drug-likeness (QED) is 0.179. The fourth-order valence-corrected chi connectivity index (χ4v) is 5.35. The fraction of sp³-hybridized carbons (Fsp3) is 0.371. The van der Waals surface area contributed by atoms with E-state index in [1.54, 1.807) is 0 Å². The Morgan fingerprint density at radius 2 is 1.72 bits per heavy atom. The van der Waals surface area contributed by atoms with Crippen LogP contribution in [0.25, 0.3) is 11.0 Å². The largest absolute Gasteiger partial charge is 0.399 e. The lowest BCUT2D eigenvalue weighted by Gasteiger charge is -2.44. The summed E-state index contributed by atoms with van der Waals surface area (Å²) in [7, 11) is 1.94. The van der Waals surface area contributed by atoms with Gasteiger partial charge in [-0.15, -0.1) is 0 Å². The van der Waals surface area contributed by atoms with Crippen LogP contribution in [0.1, 0.15) is 69.6 Å². The molecule has 0 bridgehead atoms. The van der Waals surface area contributed by atoms with E-state index in [4.69, 9.17) is 10.8 Å². The number of imidazole rings is 1. The number of aromatic nitrogens is 2. The standard InChI is InChI=1S/C31H36N6O2.C4H10/c1-19-11-13-25-26(15-19)30(4,5)36(34-29(25)22-9-8-10-23(32)16-22)18-20(2)37(31(6,38)39)24-12-14-27-28(17-24)35(7)21(3)33-27;1-4(2)3/h8-17,38-39H,2,18,32H2,1,3-7H3;4H,1-3H3. The maximum absolute atomic E-state index is 10.9. The summed E-state index contributed by atoms with van der Waals surface area (Å²) in [4.78, 5) is 6.00. The van der Waals surface area contributed by atoms with Crippen molar-refractivity contribution in [2.24, 2.45) is 18.1 Å². The van der Waals surface area contributed by atoms with Crippen LogP contribution in [0.4, 0.5) is 11.4 Å². The molecule has 0 fully saturated rings. The Balaban J connectivity index is 0.000000996. The first kappa shape index (κ1) is 31.8. The molecule has 0 radical (unpaired) electrons. The minimum Gasteiger partial charge on any atom is -0.399 e. The highest BCUT2D eigenvalue weighted by atomic mass is 16.5. The van der Waals surface area contributed by atoms with Gasteiger partial charge in [0, 0.05) is 42.2 Å². The van der Waals surface area contributed by atoms with E-state index in [1.165, 1.54) is 11.8 Å². The Hall–Kier alpha value is -4.14. The fourth-order valence-electron chi connectivity index (χ4n) is 5.35. The predicted octanol–water partition coefficient (Wildman–Crippen LogP) is 6.42. The summed E-state index contributed by atoms with van der Waals surface area (Å²) in [6.45, 7) is 20.6. The summed E-state index contributed by atoms with van der Waals surface area (Å²) >= 11 is 0. The van der Waals surface area contributed by atoms with Crippen molar-refractivity contribution in [3.8, 4) is 0 Å². The maximum atomic E-state index is 10.9. The zero-order valence-corrected chi connectivity index (χ0v) is 27.0. The highest BCUT2D eigenvalue weighted by molar-refractivity contribution is 6.14. The third-order valence-corrected chi connectivity index (χ3v) is 7.53. The summed E-state index contributed by atoms with van der Waals surface area (Å²) in [6, 6.07) is 19.7. The van der Waals surface area contributed by atoms with Gasteiger partial charge in [0.05, 0.1) is 28.8 Å². The number of anilines is 2. The van der Waals surface area contributed by atoms with E-state index in [9.17, 15) is 10.2 Å². The average Bonchev–Trinajstić information content (AvgIpc) is 3.17. The first-order chi connectivity index (χ1) is 20.0. The molecule has 4 N–H and O–H groups in total. The zero-order chi connectivity index (χ0) is 31.9. The minimum absolute atomic E-state index is 0.241. The number of nitrogens with two attached hydrogens (primary N) is 1. The summed E-state index contributed by atoms with van der Waals surface area (Å²) < 4.78 is 1.97. The lowest BCUT2D eigenvalue weighted by molar-refractivity contribution is -0.140. The zero-order valence-electron chi connectivity index (χ0n) is 27.0. The van der Waals surface area contributed by atoms with Crippen molar-refractivity contribution in [2.75, 3.05) is 17.2 Å². The molecule has 43 heavy (non-hydrogen) atoms.